The monoisotopic (exact) mass is 446 g/mol. The van der Waals surface area contributed by atoms with Gasteiger partial charge in [-0.15, -0.1) is 11.3 Å². The first kappa shape index (κ1) is 22.4. The fourth-order valence-electron chi connectivity index (χ4n) is 3.01. The normalized spacial score (nSPS) is 11.8. The van der Waals surface area contributed by atoms with E-state index in [9.17, 15) is 14.0 Å². The zero-order chi connectivity index (χ0) is 22.5. The molecule has 10 heteroatoms. The second kappa shape index (κ2) is 9.69. The van der Waals surface area contributed by atoms with Crippen LogP contribution in [0.1, 0.15) is 35.5 Å². The van der Waals surface area contributed by atoms with E-state index in [-0.39, 0.29) is 12.0 Å². The number of thiophene rings is 1. The summed E-state index contributed by atoms with van der Waals surface area (Å²) in [6.45, 7) is 5.53. The van der Waals surface area contributed by atoms with Crippen molar-refractivity contribution in [1.82, 2.24) is 15.3 Å². The Bertz CT molecular complexity index is 1120. The predicted octanol–water partition coefficient (Wildman–Crippen LogP) is 3.96. The maximum Gasteiger partial charge on any atom is 0.348 e. The van der Waals surface area contributed by atoms with Gasteiger partial charge in [-0.2, -0.15) is 0 Å². The van der Waals surface area contributed by atoms with E-state index < -0.39 is 11.8 Å². The molecule has 0 aliphatic carbocycles. The van der Waals surface area contributed by atoms with E-state index in [0.717, 1.165) is 0 Å². The average molecular weight is 447 g/mol. The summed E-state index contributed by atoms with van der Waals surface area (Å²) in [6.07, 6.45) is 1.68. The highest BCUT2D eigenvalue weighted by Gasteiger charge is 2.20. The molecule has 0 fully saturated rings. The number of halogens is 1. The number of amides is 1. The standard InChI is InChI=1S/C21H23FN4O4S/c1-11(7-8-23-13(3)27)30-16-9-14(22)5-6-15(16)26-19-17-12(2)18(21(28)29-4)31-20(17)25-10-24-19/h5-6,9-11H,7-8H2,1-4H3,(H,23,27)(H,24,25,26). The van der Waals surface area contributed by atoms with Crippen LogP contribution in [0.25, 0.3) is 10.2 Å². The van der Waals surface area contributed by atoms with E-state index in [4.69, 9.17) is 9.47 Å². The number of methoxy groups -OCH3 is 1. The minimum Gasteiger partial charge on any atom is -0.488 e. The molecule has 3 aromatic rings. The number of carbonyl (C=O) groups is 2. The third-order valence-corrected chi connectivity index (χ3v) is 5.73. The molecule has 1 aromatic carbocycles. The summed E-state index contributed by atoms with van der Waals surface area (Å²) in [7, 11) is 1.33. The van der Waals surface area contributed by atoms with Gasteiger partial charge in [-0.3, -0.25) is 4.79 Å². The van der Waals surface area contributed by atoms with Crippen molar-refractivity contribution in [3.05, 3.63) is 40.8 Å². The van der Waals surface area contributed by atoms with Crippen molar-refractivity contribution in [2.45, 2.75) is 33.3 Å². The number of benzene rings is 1. The number of carbonyl (C=O) groups excluding carboxylic acids is 2. The van der Waals surface area contributed by atoms with Crippen LogP contribution in [0.15, 0.2) is 24.5 Å². The van der Waals surface area contributed by atoms with Gasteiger partial charge in [0.15, 0.2) is 0 Å². The van der Waals surface area contributed by atoms with Crippen LogP contribution in [0.2, 0.25) is 0 Å². The van der Waals surface area contributed by atoms with E-state index in [1.54, 1.807) is 13.0 Å². The zero-order valence-electron chi connectivity index (χ0n) is 17.6. The number of esters is 1. The summed E-state index contributed by atoms with van der Waals surface area (Å²) >= 11 is 1.22. The summed E-state index contributed by atoms with van der Waals surface area (Å²) < 4.78 is 24.7. The molecule has 0 saturated heterocycles. The van der Waals surface area contributed by atoms with Gasteiger partial charge in [0.2, 0.25) is 5.91 Å². The van der Waals surface area contributed by atoms with Gasteiger partial charge in [-0.05, 0) is 31.5 Å². The molecule has 1 amide bonds. The SMILES string of the molecule is COC(=O)c1sc2ncnc(Nc3ccc(F)cc3OC(C)CCNC(C)=O)c2c1C. The molecular formula is C21H23FN4O4S. The molecule has 164 valence electrons. The van der Waals surface area contributed by atoms with Crippen LogP contribution in [-0.2, 0) is 9.53 Å². The summed E-state index contributed by atoms with van der Waals surface area (Å²) in [5.41, 5.74) is 1.21. The molecule has 1 unspecified atom stereocenters. The molecule has 2 N–H and O–H groups in total. The average Bonchev–Trinajstić information content (AvgIpc) is 3.06. The van der Waals surface area contributed by atoms with Gasteiger partial charge >= 0.3 is 5.97 Å². The molecule has 2 heterocycles. The summed E-state index contributed by atoms with van der Waals surface area (Å²) in [5, 5.41) is 6.57. The number of anilines is 2. The number of fused-ring (bicyclic) bond motifs is 1. The Labute approximate surface area is 182 Å². The van der Waals surface area contributed by atoms with Crippen molar-refractivity contribution >= 4 is 44.9 Å². The van der Waals surface area contributed by atoms with Crippen molar-refractivity contribution in [2.24, 2.45) is 0 Å². The fraction of sp³-hybridized carbons (Fsp3) is 0.333. The van der Waals surface area contributed by atoms with Gasteiger partial charge in [0.1, 0.15) is 33.4 Å². The molecule has 0 spiro atoms. The van der Waals surface area contributed by atoms with Gasteiger partial charge in [-0.1, -0.05) is 0 Å². The lowest BCUT2D eigenvalue weighted by Crippen LogP contribution is -2.25. The van der Waals surface area contributed by atoms with Crippen LogP contribution in [0.3, 0.4) is 0 Å². The van der Waals surface area contributed by atoms with Gasteiger partial charge < -0.3 is 20.1 Å². The highest BCUT2D eigenvalue weighted by molar-refractivity contribution is 7.20. The summed E-state index contributed by atoms with van der Waals surface area (Å²) in [4.78, 5) is 32.7. The van der Waals surface area contributed by atoms with Crippen LogP contribution >= 0.6 is 11.3 Å². The number of hydrogen-bond acceptors (Lipinski definition) is 8. The Morgan fingerprint density at radius 2 is 2.06 bits per heavy atom. The minimum atomic E-state index is -0.442. The first-order chi connectivity index (χ1) is 14.8. The van der Waals surface area contributed by atoms with E-state index in [0.29, 0.717) is 50.9 Å². The highest BCUT2D eigenvalue weighted by Crippen LogP contribution is 2.37. The van der Waals surface area contributed by atoms with E-state index in [2.05, 4.69) is 20.6 Å². The van der Waals surface area contributed by atoms with E-state index >= 15 is 0 Å². The second-order valence-electron chi connectivity index (χ2n) is 6.92. The van der Waals surface area contributed by atoms with Gasteiger partial charge in [0, 0.05) is 26.0 Å². The molecule has 0 bridgehead atoms. The van der Waals surface area contributed by atoms with Crippen LogP contribution < -0.4 is 15.4 Å². The Morgan fingerprint density at radius 3 is 2.77 bits per heavy atom. The summed E-state index contributed by atoms with van der Waals surface area (Å²) in [6, 6.07) is 4.16. The molecule has 0 saturated carbocycles. The van der Waals surface area contributed by atoms with Crippen molar-refractivity contribution in [1.29, 1.82) is 0 Å². The summed E-state index contributed by atoms with van der Waals surface area (Å²) in [5.74, 6) is -0.225. The van der Waals surface area contributed by atoms with Crippen molar-refractivity contribution < 1.29 is 23.5 Å². The smallest absolute Gasteiger partial charge is 0.348 e. The number of rotatable bonds is 8. The Balaban J connectivity index is 1.89. The fourth-order valence-corrected chi connectivity index (χ4v) is 4.07. The molecule has 0 radical (unpaired) electrons. The lowest BCUT2D eigenvalue weighted by Gasteiger charge is -2.18. The van der Waals surface area contributed by atoms with E-state index in [1.165, 1.54) is 43.8 Å². The van der Waals surface area contributed by atoms with Crippen LogP contribution in [0, 0.1) is 12.7 Å². The molecule has 2 aromatic heterocycles. The van der Waals surface area contributed by atoms with E-state index in [1.807, 2.05) is 6.92 Å². The second-order valence-corrected chi connectivity index (χ2v) is 7.91. The third kappa shape index (κ3) is 5.26. The lowest BCUT2D eigenvalue weighted by atomic mass is 10.2. The largest absolute Gasteiger partial charge is 0.488 e. The molecule has 3 rings (SSSR count). The highest BCUT2D eigenvalue weighted by atomic mass is 32.1. The number of aromatic nitrogens is 2. The Morgan fingerprint density at radius 1 is 1.29 bits per heavy atom. The maximum atomic E-state index is 13.9. The quantitative estimate of drug-likeness (QED) is 0.505. The number of hydrogen-bond donors (Lipinski definition) is 2. The molecule has 31 heavy (non-hydrogen) atoms. The predicted molar refractivity (Wildman–Crippen MR) is 117 cm³/mol. The van der Waals surface area contributed by atoms with Crippen LogP contribution in [0.4, 0.5) is 15.9 Å². The van der Waals surface area contributed by atoms with Gasteiger partial charge in [-0.25, -0.2) is 19.2 Å². The minimum absolute atomic E-state index is 0.120. The first-order valence-electron chi connectivity index (χ1n) is 9.60. The van der Waals surface area contributed by atoms with Crippen molar-refractivity contribution in [2.75, 3.05) is 19.0 Å². The topological polar surface area (TPSA) is 102 Å². The molecule has 8 nitrogen and oxygen atoms in total. The molecule has 1 atom stereocenters. The third-order valence-electron chi connectivity index (χ3n) is 4.55. The molecular weight excluding hydrogens is 423 g/mol. The number of nitrogens with zero attached hydrogens (tertiary/aromatic N) is 2. The Kier molecular flexibility index (Phi) is 7.01. The molecule has 0 aliphatic heterocycles. The number of ether oxygens (including phenoxy) is 2. The van der Waals surface area contributed by atoms with Crippen molar-refractivity contribution in [3.63, 3.8) is 0 Å². The maximum absolute atomic E-state index is 13.9. The number of aryl methyl sites for hydroxylation is 1. The van der Waals surface area contributed by atoms with Crippen LogP contribution in [-0.4, -0.2) is 41.6 Å². The lowest BCUT2D eigenvalue weighted by molar-refractivity contribution is -0.119. The number of nitrogens with one attached hydrogen (secondary N) is 2. The van der Waals surface area contributed by atoms with Crippen molar-refractivity contribution in [3.8, 4) is 5.75 Å². The van der Waals surface area contributed by atoms with Crippen LogP contribution in [0.5, 0.6) is 5.75 Å². The molecule has 0 aliphatic rings. The zero-order valence-corrected chi connectivity index (χ0v) is 18.4. The Hall–Kier alpha value is -3.27. The van der Waals surface area contributed by atoms with Gasteiger partial charge in [0.05, 0.1) is 24.3 Å². The van der Waals surface area contributed by atoms with Gasteiger partial charge in [0.25, 0.3) is 0 Å². The first-order valence-corrected chi connectivity index (χ1v) is 10.4.